The molecular formula is C18H40O2Si. The van der Waals surface area contributed by atoms with Crippen LogP contribution in [-0.2, 0) is 8.85 Å². The van der Waals surface area contributed by atoms with E-state index in [9.17, 15) is 0 Å². The van der Waals surface area contributed by atoms with E-state index in [1.807, 2.05) is 14.2 Å². The first-order valence-corrected chi connectivity index (χ1v) is 11.6. The van der Waals surface area contributed by atoms with Gasteiger partial charge in [0.2, 0.25) is 0 Å². The highest BCUT2D eigenvalue weighted by molar-refractivity contribution is 6.67. The lowest BCUT2D eigenvalue weighted by Crippen LogP contribution is -2.38. The zero-order valence-corrected chi connectivity index (χ0v) is 16.2. The second-order valence-electron chi connectivity index (χ2n) is 6.31. The van der Waals surface area contributed by atoms with E-state index < -0.39 is 8.56 Å². The molecule has 0 saturated carbocycles. The fourth-order valence-corrected chi connectivity index (χ4v) is 5.28. The molecule has 0 heterocycles. The molecule has 2 nitrogen and oxygen atoms in total. The lowest BCUT2D eigenvalue weighted by Gasteiger charge is -2.25. The van der Waals surface area contributed by atoms with Crippen LogP contribution in [0.1, 0.15) is 90.9 Å². The van der Waals surface area contributed by atoms with E-state index in [0.717, 1.165) is 12.1 Å². The van der Waals surface area contributed by atoms with E-state index in [4.69, 9.17) is 8.85 Å². The zero-order valence-electron chi connectivity index (χ0n) is 15.2. The van der Waals surface area contributed by atoms with Crippen LogP contribution in [0.2, 0.25) is 12.1 Å². The Morgan fingerprint density at radius 2 is 0.952 bits per heavy atom. The average molecular weight is 317 g/mol. The van der Waals surface area contributed by atoms with Gasteiger partial charge in [-0.05, 0) is 12.1 Å². The molecule has 21 heavy (non-hydrogen) atoms. The second-order valence-corrected chi connectivity index (χ2v) is 10.2. The smallest absolute Gasteiger partial charge is 0.337 e. The fraction of sp³-hybridized carbons (Fsp3) is 1.00. The van der Waals surface area contributed by atoms with Crippen molar-refractivity contribution in [2.45, 2.75) is 103 Å². The van der Waals surface area contributed by atoms with Crippen LogP contribution >= 0.6 is 0 Å². The number of hydrogen-bond acceptors (Lipinski definition) is 2. The molecule has 0 radical (unpaired) electrons. The van der Waals surface area contributed by atoms with E-state index in [2.05, 4.69) is 13.8 Å². The molecule has 0 rings (SSSR count). The van der Waals surface area contributed by atoms with Crippen molar-refractivity contribution in [2.75, 3.05) is 14.2 Å². The molecule has 0 N–H and O–H groups in total. The summed E-state index contributed by atoms with van der Waals surface area (Å²) in [5, 5.41) is 0. The number of hydrogen-bond donors (Lipinski definition) is 0. The molecule has 0 aromatic carbocycles. The molecule has 0 unspecified atom stereocenters. The third-order valence-electron chi connectivity index (χ3n) is 4.69. The predicted molar refractivity (Wildman–Crippen MR) is 96.1 cm³/mol. The van der Waals surface area contributed by atoms with Crippen molar-refractivity contribution in [3.8, 4) is 0 Å². The molecule has 0 aromatic heterocycles. The topological polar surface area (TPSA) is 18.5 Å². The van der Waals surface area contributed by atoms with Crippen LogP contribution in [0.25, 0.3) is 0 Å². The molecule has 0 aliphatic carbocycles. The third-order valence-corrected chi connectivity index (χ3v) is 8.37. The van der Waals surface area contributed by atoms with E-state index in [0.29, 0.717) is 0 Å². The summed E-state index contributed by atoms with van der Waals surface area (Å²) in [5.41, 5.74) is 0. The largest absolute Gasteiger partial charge is 0.398 e. The summed E-state index contributed by atoms with van der Waals surface area (Å²) in [6.07, 6.45) is 16.9. The summed E-state index contributed by atoms with van der Waals surface area (Å²) in [5.74, 6) is 0. The molecule has 0 aromatic rings. The summed E-state index contributed by atoms with van der Waals surface area (Å²) in [7, 11) is 1.82. The normalized spacial score (nSPS) is 12.0. The molecular weight excluding hydrogens is 276 g/mol. The molecule has 0 bridgehead atoms. The minimum atomic E-state index is -1.81. The summed E-state index contributed by atoms with van der Waals surface area (Å²) >= 11 is 0. The molecule has 0 saturated heterocycles. The fourth-order valence-electron chi connectivity index (χ4n) is 2.99. The van der Waals surface area contributed by atoms with Crippen molar-refractivity contribution in [2.24, 2.45) is 0 Å². The maximum absolute atomic E-state index is 5.65. The first kappa shape index (κ1) is 21.1. The van der Waals surface area contributed by atoms with Gasteiger partial charge in [-0.2, -0.15) is 0 Å². The highest BCUT2D eigenvalue weighted by Gasteiger charge is 2.32. The van der Waals surface area contributed by atoms with Crippen LogP contribution in [0.3, 0.4) is 0 Å². The van der Waals surface area contributed by atoms with E-state index in [1.54, 1.807) is 0 Å². The number of rotatable bonds is 16. The average Bonchev–Trinajstić information content (AvgIpc) is 2.53. The standard InChI is InChI=1S/C18H40O2Si/c1-5-7-8-9-10-11-12-13-14-15-16-17-18-21(6-2,19-3)20-4/h5-18H2,1-4H3. The van der Waals surface area contributed by atoms with Crippen molar-refractivity contribution in [1.29, 1.82) is 0 Å². The van der Waals surface area contributed by atoms with Crippen molar-refractivity contribution < 1.29 is 8.85 Å². The Kier molecular flexibility index (Phi) is 15.1. The van der Waals surface area contributed by atoms with Crippen LogP contribution in [-0.4, -0.2) is 22.8 Å². The van der Waals surface area contributed by atoms with Crippen molar-refractivity contribution in [3.63, 3.8) is 0 Å². The maximum Gasteiger partial charge on any atom is 0.337 e. The van der Waals surface area contributed by atoms with Gasteiger partial charge in [0, 0.05) is 14.2 Å². The monoisotopic (exact) mass is 316 g/mol. The molecule has 128 valence electrons. The minimum Gasteiger partial charge on any atom is -0.398 e. The quantitative estimate of drug-likeness (QED) is 0.241. The SMILES string of the molecule is CCCCCCCCCCCCCC[Si](CC)(OC)OC. The van der Waals surface area contributed by atoms with Gasteiger partial charge in [-0.25, -0.2) is 0 Å². The molecule has 3 heteroatoms. The molecule has 0 amide bonds. The Labute approximate surface area is 135 Å². The lowest BCUT2D eigenvalue weighted by molar-refractivity contribution is 0.241. The van der Waals surface area contributed by atoms with Crippen molar-refractivity contribution >= 4 is 8.56 Å². The Hall–Kier alpha value is 0.137. The first-order chi connectivity index (χ1) is 10.2. The van der Waals surface area contributed by atoms with Gasteiger partial charge in [0.25, 0.3) is 0 Å². The van der Waals surface area contributed by atoms with E-state index >= 15 is 0 Å². The third kappa shape index (κ3) is 11.4. The van der Waals surface area contributed by atoms with Crippen LogP contribution in [0.15, 0.2) is 0 Å². The highest BCUT2D eigenvalue weighted by Crippen LogP contribution is 2.21. The predicted octanol–water partition coefficient (Wildman–Crippen LogP) is 6.44. The van der Waals surface area contributed by atoms with Gasteiger partial charge in [0.1, 0.15) is 0 Å². The van der Waals surface area contributed by atoms with Crippen LogP contribution < -0.4 is 0 Å². The molecule has 0 atom stereocenters. The Balaban J connectivity index is 3.29. The Bertz CT molecular complexity index is 197. The van der Waals surface area contributed by atoms with Gasteiger partial charge in [-0.1, -0.05) is 90.9 Å². The maximum atomic E-state index is 5.65. The highest BCUT2D eigenvalue weighted by atomic mass is 28.4. The second kappa shape index (κ2) is 15.0. The zero-order chi connectivity index (χ0) is 15.8. The summed E-state index contributed by atoms with van der Waals surface area (Å²) in [6, 6.07) is 2.23. The van der Waals surface area contributed by atoms with Gasteiger partial charge in [0.15, 0.2) is 0 Å². The van der Waals surface area contributed by atoms with Gasteiger partial charge in [-0.3, -0.25) is 0 Å². The van der Waals surface area contributed by atoms with E-state index in [1.165, 1.54) is 77.0 Å². The van der Waals surface area contributed by atoms with Crippen LogP contribution in [0.5, 0.6) is 0 Å². The minimum absolute atomic E-state index is 1.07. The molecule has 0 fully saturated rings. The van der Waals surface area contributed by atoms with Gasteiger partial charge in [0.05, 0.1) is 0 Å². The number of unbranched alkanes of at least 4 members (excludes halogenated alkanes) is 11. The Morgan fingerprint density at radius 1 is 0.571 bits per heavy atom. The van der Waals surface area contributed by atoms with Gasteiger partial charge >= 0.3 is 8.56 Å². The Morgan fingerprint density at radius 3 is 1.29 bits per heavy atom. The van der Waals surface area contributed by atoms with Crippen LogP contribution in [0, 0.1) is 0 Å². The van der Waals surface area contributed by atoms with Crippen LogP contribution in [0.4, 0.5) is 0 Å². The molecule has 0 aliphatic rings. The van der Waals surface area contributed by atoms with Crippen molar-refractivity contribution in [3.05, 3.63) is 0 Å². The summed E-state index contributed by atoms with van der Waals surface area (Å²) < 4.78 is 11.3. The summed E-state index contributed by atoms with van der Waals surface area (Å²) in [6.45, 7) is 4.48. The van der Waals surface area contributed by atoms with Gasteiger partial charge < -0.3 is 8.85 Å². The van der Waals surface area contributed by atoms with Crippen molar-refractivity contribution in [1.82, 2.24) is 0 Å². The summed E-state index contributed by atoms with van der Waals surface area (Å²) in [4.78, 5) is 0. The van der Waals surface area contributed by atoms with E-state index in [-0.39, 0.29) is 0 Å². The molecule has 0 aliphatic heterocycles. The first-order valence-electron chi connectivity index (χ1n) is 9.35. The lowest BCUT2D eigenvalue weighted by atomic mass is 10.1. The van der Waals surface area contributed by atoms with Gasteiger partial charge in [-0.15, -0.1) is 0 Å². The molecule has 0 spiro atoms.